The summed E-state index contributed by atoms with van der Waals surface area (Å²) in [4.78, 5) is 14.1. The fourth-order valence-electron chi connectivity index (χ4n) is 0.875. The first kappa shape index (κ1) is 12.8. The summed E-state index contributed by atoms with van der Waals surface area (Å²) in [6.07, 6.45) is -1.28. The second-order valence-corrected chi connectivity index (χ2v) is 3.09. The van der Waals surface area contributed by atoms with Gasteiger partial charge in [-0.15, -0.1) is 0 Å². The van der Waals surface area contributed by atoms with Crippen LogP contribution >= 0.6 is 0 Å². The molecule has 0 bridgehead atoms. The Morgan fingerprint density at radius 2 is 2.21 bits per heavy atom. The third-order valence-corrected chi connectivity index (χ3v) is 1.63. The summed E-state index contributed by atoms with van der Waals surface area (Å²) in [5.41, 5.74) is 10.4. The minimum atomic E-state index is -1.25. The lowest BCUT2D eigenvalue weighted by molar-refractivity contribution is -0.139. The number of rotatable bonds is 6. The van der Waals surface area contributed by atoms with Gasteiger partial charge in [0.1, 0.15) is 12.2 Å². The average Bonchev–Trinajstić information content (AvgIpc) is 2.02. The lowest BCUT2D eigenvalue weighted by Gasteiger charge is -2.09. The van der Waals surface area contributed by atoms with Crippen LogP contribution in [0, 0.1) is 0 Å². The van der Waals surface area contributed by atoms with Crippen molar-refractivity contribution in [1.82, 2.24) is 0 Å². The number of alkyl halides is 1. The van der Waals surface area contributed by atoms with Gasteiger partial charge in [0.05, 0.1) is 5.84 Å². The maximum atomic E-state index is 13.0. The molecule has 0 saturated heterocycles. The average molecular weight is 205 g/mol. The number of carboxylic acids is 1. The molecule has 0 heterocycles. The van der Waals surface area contributed by atoms with E-state index < -0.39 is 18.2 Å². The lowest BCUT2D eigenvalue weighted by Crippen LogP contribution is -2.33. The molecule has 82 valence electrons. The molecule has 14 heavy (non-hydrogen) atoms. The van der Waals surface area contributed by atoms with Crippen LogP contribution < -0.4 is 11.5 Å². The minimum absolute atomic E-state index is 0.148. The van der Waals surface area contributed by atoms with Crippen molar-refractivity contribution in [1.29, 1.82) is 0 Å². The molecule has 0 aliphatic rings. The Morgan fingerprint density at radius 1 is 1.64 bits per heavy atom. The van der Waals surface area contributed by atoms with Crippen LogP contribution in [0.25, 0.3) is 0 Å². The van der Waals surface area contributed by atoms with Gasteiger partial charge < -0.3 is 16.6 Å². The van der Waals surface area contributed by atoms with Gasteiger partial charge in [-0.3, -0.25) is 9.79 Å². The van der Waals surface area contributed by atoms with Crippen LogP contribution in [-0.2, 0) is 4.79 Å². The van der Waals surface area contributed by atoms with Crippen LogP contribution in [0.15, 0.2) is 4.99 Å². The maximum Gasteiger partial charge on any atom is 0.320 e. The Bertz CT molecular complexity index is 217. The van der Waals surface area contributed by atoms with Crippen molar-refractivity contribution in [3.8, 4) is 0 Å². The molecule has 0 aliphatic heterocycles. The highest BCUT2D eigenvalue weighted by Crippen LogP contribution is 2.06. The van der Waals surface area contributed by atoms with Crippen LogP contribution in [0.1, 0.15) is 19.8 Å². The second kappa shape index (κ2) is 6.31. The first-order chi connectivity index (χ1) is 6.43. The number of hydrogen-bond donors (Lipinski definition) is 3. The van der Waals surface area contributed by atoms with Crippen LogP contribution in [0.3, 0.4) is 0 Å². The molecule has 0 fully saturated rings. The number of amidine groups is 1. The van der Waals surface area contributed by atoms with E-state index in [2.05, 4.69) is 4.99 Å². The number of carbonyl (C=O) groups is 1. The first-order valence-corrected chi connectivity index (χ1v) is 4.32. The Morgan fingerprint density at radius 3 is 2.64 bits per heavy atom. The van der Waals surface area contributed by atoms with Crippen LogP contribution in [0.5, 0.6) is 0 Å². The van der Waals surface area contributed by atoms with E-state index in [0.717, 1.165) is 0 Å². The lowest BCUT2D eigenvalue weighted by atomic mass is 10.1. The molecule has 5 N–H and O–H groups in total. The topological polar surface area (TPSA) is 102 Å². The van der Waals surface area contributed by atoms with E-state index in [9.17, 15) is 9.18 Å². The van der Waals surface area contributed by atoms with E-state index in [4.69, 9.17) is 16.6 Å². The summed E-state index contributed by atoms with van der Waals surface area (Å²) in [6, 6.07) is -1.15. The predicted molar refractivity (Wildman–Crippen MR) is 51.9 cm³/mol. The summed E-state index contributed by atoms with van der Waals surface area (Å²) in [5.74, 6) is -0.800. The third kappa shape index (κ3) is 6.36. The van der Waals surface area contributed by atoms with Gasteiger partial charge in [0.2, 0.25) is 0 Å². The van der Waals surface area contributed by atoms with Gasteiger partial charge in [0.25, 0.3) is 0 Å². The number of halogens is 1. The van der Waals surface area contributed by atoms with Crippen molar-refractivity contribution in [2.45, 2.75) is 32.0 Å². The van der Waals surface area contributed by atoms with Gasteiger partial charge in [-0.2, -0.15) is 0 Å². The molecule has 1 unspecified atom stereocenters. The number of nitrogens with zero attached hydrogens (tertiary/aromatic N) is 1. The number of aliphatic imine (C=N–C) groups is 1. The monoisotopic (exact) mass is 205 g/mol. The van der Waals surface area contributed by atoms with E-state index in [1.165, 1.54) is 0 Å². The largest absolute Gasteiger partial charge is 0.480 e. The van der Waals surface area contributed by atoms with E-state index >= 15 is 0 Å². The SMILES string of the molecule is CC(N)=NCC[C@@H](F)CC(N)C(=O)O. The molecule has 0 spiro atoms. The van der Waals surface area contributed by atoms with Gasteiger partial charge in [-0.05, 0) is 13.3 Å². The van der Waals surface area contributed by atoms with Gasteiger partial charge in [-0.25, -0.2) is 4.39 Å². The summed E-state index contributed by atoms with van der Waals surface area (Å²) in [5, 5.41) is 8.41. The Balaban J connectivity index is 3.70. The van der Waals surface area contributed by atoms with E-state index in [1.54, 1.807) is 6.92 Å². The molecule has 0 aromatic rings. The smallest absolute Gasteiger partial charge is 0.320 e. The minimum Gasteiger partial charge on any atom is -0.480 e. The highest BCUT2D eigenvalue weighted by Gasteiger charge is 2.17. The van der Waals surface area contributed by atoms with Crippen molar-refractivity contribution in [2.75, 3.05) is 6.54 Å². The van der Waals surface area contributed by atoms with Crippen molar-refractivity contribution >= 4 is 11.8 Å². The summed E-state index contributed by atoms with van der Waals surface area (Å²) >= 11 is 0. The second-order valence-electron chi connectivity index (χ2n) is 3.09. The van der Waals surface area contributed by atoms with E-state index in [-0.39, 0.29) is 19.4 Å². The van der Waals surface area contributed by atoms with Gasteiger partial charge in [0.15, 0.2) is 0 Å². The van der Waals surface area contributed by atoms with Crippen LogP contribution in [-0.4, -0.2) is 35.7 Å². The van der Waals surface area contributed by atoms with Crippen molar-refractivity contribution in [3.05, 3.63) is 0 Å². The molecule has 6 heteroatoms. The van der Waals surface area contributed by atoms with E-state index in [1.807, 2.05) is 0 Å². The van der Waals surface area contributed by atoms with Gasteiger partial charge >= 0.3 is 5.97 Å². The van der Waals surface area contributed by atoms with Crippen molar-refractivity contribution in [2.24, 2.45) is 16.5 Å². The number of nitrogens with two attached hydrogens (primary N) is 2. The quantitative estimate of drug-likeness (QED) is 0.416. The molecule has 0 aromatic heterocycles. The fourth-order valence-corrected chi connectivity index (χ4v) is 0.875. The predicted octanol–water partition coefficient (Wildman–Crippen LogP) is -0.106. The molecule has 0 rings (SSSR count). The standard InChI is InChI=1S/C8H16FN3O2/c1-5(10)12-3-2-6(9)4-7(11)8(13)14/h6-7H,2-4,11H2,1H3,(H2,10,12)(H,13,14)/t6-,7?/m1/s1. The van der Waals surface area contributed by atoms with Crippen molar-refractivity contribution < 1.29 is 14.3 Å². The Kier molecular flexibility index (Phi) is 5.78. The number of aliphatic carboxylic acids is 1. The molecule has 0 aliphatic carbocycles. The molecule has 0 saturated carbocycles. The summed E-state index contributed by atoms with van der Waals surface area (Å²) in [7, 11) is 0. The van der Waals surface area contributed by atoms with Gasteiger partial charge in [0, 0.05) is 13.0 Å². The third-order valence-electron chi connectivity index (χ3n) is 1.63. The maximum absolute atomic E-state index is 13.0. The van der Waals surface area contributed by atoms with Crippen LogP contribution in [0.2, 0.25) is 0 Å². The fraction of sp³-hybridized carbons (Fsp3) is 0.750. The van der Waals surface area contributed by atoms with Crippen molar-refractivity contribution in [3.63, 3.8) is 0 Å². The Hall–Kier alpha value is -1.17. The number of carboxylic acid groups (broad SMARTS) is 1. The molecule has 0 radical (unpaired) electrons. The summed E-state index contributed by atoms with van der Waals surface area (Å²) < 4.78 is 13.0. The highest BCUT2D eigenvalue weighted by molar-refractivity contribution is 5.77. The molecule has 2 atom stereocenters. The van der Waals surface area contributed by atoms with Gasteiger partial charge in [-0.1, -0.05) is 0 Å². The van der Waals surface area contributed by atoms with Crippen LogP contribution in [0.4, 0.5) is 4.39 Å². The molecule has 5 nitrogen and oxygen atoms in total. The van der Waals surface area contributed by atoms with E-state index in [0.29, 0.717) is 5.84 Å². The zero-order chi connectivity index (χ0) is 11.1. The highest BCUT2D eigenvalue weighted by atomic mass is 19.1. The molecular formula is C8H16FN3O2. The molecular weight excluding hydrogens is 189 g/mol. The normalized spacial score (nSPS) is 16.4. The zero-order valence-electron chi connectivity index (χ0n) is 8.11. The molecule has 0 aromatic carbocycles. The zero-order valence-corrected chi connectivity index (χ0v) is 8.11. The molecule has 0 amide bonds. The number of hydrogen-bond acceptors (Lipinski definition) is 3. The summed E-state index contributed by atoms with van der Waals surface area (Å²) in [6.45, 7) is 1.87. The Labute approximate surface area is 82.0 Å². The first-order valence-electron chi connectivity index (χ1n) is 4.32.